The number of hydrogen-bond donors (Lipinski definition) is 1. The number of nitrogens with zero attached hydrogens (tertiary/aromatic N) is 3. The number of anilines is 1. The standard InChI is InChI=1S/C10H14BrClN4O/c1-2-3-4-16(6-8(13)17)9-7(11)5-14-10(12)15-9/h5H,2-4,6H2,1H3,(H2,13,17). The van der Waals surface area contributed by atoms with Gasteiger partial charge in [-0.05, 0) is 34.0 Å². The van der Waals surface area contributed by atoms with E-state index in [1.54, 1.807) is 11.1 Å². The average molecular weight is 322 g/mol. The molecule has 1 heterocycles. The molecule has 0 fully saturated rings. The van der Waals surface area contributed by atoms with Crippen LogP contribution in [0, 0.1) is 0 Å². The van der Waals surface area contributed by atoms with Gasteiger partial charge in [0.15, 0.2) is 0 Å². The number of amides is 1. The number of aromatic nitrogens is 2. The van der Waals surface area contributed by atoms with E-state index in [0.29, 0.717) is 16.8 Å². The molecule has 0 radical (unpaired) electrons. The molecular formula is C10H14BrClN4O. The Morgan fingerprint density at radius 2 is 2.35 bits per heavy atom. The van der Waals surface area contributed by atoms with Gasteiger partial charge in [0, 0.05) is 12.7 Å². The van der Waals surface area contributed by atoms with E-state index in [1.165, 1.54) is 0 Å². The lowest BCUT2D eigenvalue weighted by Crippen LogP contribution is -2.35. The summed E-state index contributed by atoms with van der Waals surface area (Å²) in [6.07, 6.45) is 3.53. The first-order valence-corrected chi connectivity index (χ1v) is 6.43. The molecule has 1 aromatic heterocycles. The zero-order valence-corrected chi connectivity index (χ0v) is 11.8. The molecule has 0 atom stereocenters. The van der Waals surface area contributed by atoms with E-state index in [1.807, 2.05) is 0 Å². The van der Waals surface area contributed by atoms with Crippen molar-refractivity contribution >= 4 is 39.3 Å². The molecule has 2 N–H and O–H groups in total. The maximum Gasteiger partial charge on any atom is 0.236 e. The predicted octanol–water partition coefficient (Wildman–Crippen LogP) is 1.98. The summed E-state index contributed by atoms with van der Waals surface area (Å²) in [7, 11) is 0. The van der Waals surface area contributed by atoms with Crippen molar-refractivity contribution in [3.63, 3.8) is 0 Å². The van der Waals surface area contributed by atoms with E-state index in [2.05, 4.69) is 32.8 Å². The van der Waals surface area contributed by atoms with Crippen LogP contribution in [-0.2, 0) is 4.79 Å². The van der Waals surface area contributed by atoms with Crippen molar-refractivity contribution in [2.75, 3.05) is 18.0 Å². The van der Waals surface area contributed by atoms with Crippen LogP contribution in [0.3, 0.4) is 0 Å². The molecule has 0 saturated carbocycles. The first-order valence-electron chi connectivity index (χ1n) is 5.26. The van der Waals surface area contributed by atoms with Gasteiger partial charge in [0.2, 0.25) is 11.2 Å². The van der Waals surface area contributed by atoms with Crippen molar-refractivity contribution < 1.29 is 4.79 Å². The Kier molecular flexibility index (Phi) is 5.64. The monoisotopic (exact) mass is 320 g/mol. The Hall–Kier alpha value is -0.880. The third kappa shape index (κ3) is 4.47. The molecule has 0 aromatic carbocycles. The van der Waals surface area contributed by atoms with Crippen LogP contribution in [-0.4, -0.2) is 29.0 Å². The van der Waals surface area contributed by atoms with Crippen LogP contribution < -0.4 is 10.6 Å². The Morgan fingerprint density at radius 1 is 1.65 bits per heavy atom. The van der Waals surface area contributed by atoms with E-state index < -0.39 is 5.91 Å². The van der Waals surface area contributed by atoms with E-state index in [-0.39, 0.29) is 11.8 Å². The summed E-state index contributed by atoms with van der Waals surface area (Å²) in [5.41, 5.74) is 5.22. The second kappa shape index (κ2) is 6.76. The highest BCUT2D eigenvalue weighted by Gasteiger charge is 2.14. The lowest BCUT2D eigenvalue weighted by Gasteiger charge is -2.22. The lowest BCUT2D eigenvalue weighted by molar-refractivity contribution is -0.116. The number of halogens is 2. The summed E-state index contributed by atoms with van der Waals surface area (Å²) in [5.74, 6) is 0.194. The molecule has 0 saturated heterocycles. The number of primary amides is 1. The molecule has 1 rings (SSSR count). The minimum Gasteiger partial charge on any atom is -0.368 e. The quantitative estimate of drug-likeness (QED) is 0.813. The third-order valence-corrected chi connectivity index (χ3v) is 2.87. The van der Waals surface area contributed by atoms with Gasteiger partial charge in [-0.2, -0.15) is 4.98 Å². The number of nitrogens with two attached hydrogens (primary N) is 1. The van der Waals surface area contributed by atoms with Gasteiger partial charge in [-0.3, -0.25) is 4.79 Å². The van der Waals surface area contributed by atoms with E-state index in [0.717, 1.165) is 12.8 Å². The van der Waals surface area contributed by atoms with Crippen molar-refractivity contribution in [1.82, 2.24) is 9.97 Å². The fraction of sp³-hybridized carbons (Fsp3) is 0.500. The lowest BCUT2D eigenvalue weighted by atomic mass is 10.3. The van der Waals surface area contributed by atoms with Crippen LogP contribution in [0.2, 0.25) is 5.28 Å². The molecule has 7 heteroatoms. The molecular weight excluding hydrogens is 307 g/mol. The topological polar surface area (TPSA) is 72.1 Å². The first-order chi connectivity index (χ1) is 8.04. The van der Waals surface area contributed by atoms with Crippen molar-refractivity contribution in [2.24, 2.45) is 5.73 Å². The van der Waals surface area contributed by atoms with Crippen LogP contribution in [0.4, 0.5) is 5.82 Å². The van der Waals surface area contributed by atoms with Crippen LogP contribution >= 0.6 is 27.5 Å². The Morgan fingerprint density at radius 3 is 2.94 bits per heavy atom. The minimum absolute atomic E-state index is 0.117. The van der Waals surface area contributed by atoms with Crippen molar-refractivity contribution in [3.8, 4) is 0 Å². The predicted molar refractivity (Wildman–Crippen MR) is 71.1 cm³/mol. The van der Waals surface area contributed by atoms with Gasteiger partial charge < -0.3 is 10.6 Å². The van der Waals surface area contributed by atoms with Crippen molar-refractivity contribution in [3.05, 3.63) is 16.0 Å². The van der Waals surface area contributed by atoms with Gasteiger partial charge in [0.05, 0.1) is 11.0 Å². The van der Waals surface area contributed by atoms with Gasteiger partial charge >= 0.3 is 0 Å². The molecule has 0 aliphatic carbocycles. The normalized spacial score (nSPS) is 10.3. The van der Waals surface area contributed by atoms with Gasteiger partial charge in [-0.25, -0.2) is 4.98 Å². The minimum atomic E-state index is -0.400. The maximum absolute atomic E-state index is 11.0. The zero-order chi connectivity index (χ0) is 12.8. The van der Waals surface area contributed by atoms with E-state index >= 15 is 0 Å². The largest absolute Gasteiger partial charge is 0.368 e. The summed E-state index contributed by atoms with van der Waals surface area (Å²) in [6.45, 7) is 2.89. The highest BCUT2D eigenvalue weighted by Crippen LogP contribution is 2.24. The second-order valence-electron chi connectivity index (χ2n) is 3.55. The number of hydrogen-bond acceptors (Lipinski definition) is 4. The molecule has 1 aromatic rings. The van der Waals surface area contributed by atoms with Gasteiger partial charge in [-0.15, -0.1) is 0 Å². The average Bonchev–Trinajstić information content (AvgIpc) is 2.27. The number of carbonyl (C=O) groups excluding carboxylic acids is 1. The summed E-state index contributed by atoms with van der Waals surface area (Å²) < 4.78 is 0.694. The van der Waals surface area contributed by atoms with Gasteiger partial charge in [0.25, 0.3) is 0 Å². The highest BCUT2D eigenvalue weighted by atomic mass is 79.9. The zero-order valence-electron chi connectivity index (χ0n) is 9.49. The van der Waals surface area contributed by atoms with Crippen LogP contribution in [0.5, 0.6) is 0 Å². The summed E-state index contributed by atoms with van der Waals surface area (Å²) in [5, 5.41) is 0.147. The molecule has 94 valence electrons. The Bertz CT molecular complexity index is 402. The maximum atomic E-state index is 11.0. The molecule has 0 unspecified atom stereocenters. The summed E-state index contributed by atoms with van der Waals surface area (Å²) in [6, 6.07) is 0. The van der Waals surface area contributed by atoms with Gasteiger partial charge in [0.1, 0.15) is 5.82 Å². The fourth-order valence-electron chi connectivity index (χ4n) is 1.36. The number of unbranched alkanes of at least 4 members (excludes halogenated alkanes) is 1. The van der Waals surface area contributed by atoms with Crippen LogP contribution in [0.15, 0.2) is 10.7 Å². The number of rotatable bonds is 6. The molecule has 0 bridgehead atoms. The molecule has 17 heavy (non-hydrogen) atoms. The summed E-state index contributed by atoms with van der Waals surface area (Å²) >= 11 is 9.08. The molecule has 5 nitrogen and oxygen atoms in total. The smallest absolute Gasteiger partial charge is 0.236 e. The molecule has 1 amide bonds. The SMILES string of the molecule is CCCCN(CC(N)=O)c1nc(Cl)ncc1Br. The first kappa shape index (κ1) is 14.2. The molecule has 0 aliphatic heterocycles. The summed E-state index contributed by atoms with van der Waals surface area (Å²) in [4.78, 5) is 20.8. The van der Waals surface area contributed by atoms with Gasteiger partial charge in [-0.1, -0.05) is 13.3 Å². The van der Waals surface area contributed by atoms with E-state index in [4.69, 9.17) is 17.3 Å². The number of carbonyl (C=O) groups is 1. The fourth-order valence-corrected chi connectivity index (χ4v) is 1.93. The van der Waals surface area contributed by atoms with E-state index in [9.17, 15) is 4.79 Å². The molecule has 0 spiro atoms. The second-order valence-corrected chi connectivity index (χ2v) is 4.74. The third-order valence-electron chi connectivity index (χ3n) is 2.12. The Labute approximate surface area is 113 Å². The van der Waals surface area contributed by atoms with Crippen molar-refractivity contribution in [2.45, 2.75) is 19.8 Å². The molecule has 0 aliphatic rings. The van der Waals surface area contributed by atoms with Crippen LogP contribution in [0.25, 0.3) is 0 Å². The van der Waals surface area contributed by atoms with Crippen LogP contribution in [0.1, 0.15) is 19.8 Å². The van der Waals surface area contributed by atoms with Crippen molar-refractivity contribution in [1.29, 1.82) is 0 Å². The highest BCUT2D eigenvalue weighted by molar-refractivity contribution is 9.10. The Balaban J connectivity index is 2.93.